The third-order valence-electron chi connectivity index (χ3n) is 3.91. The summed E-state index contributed by atoms with van der Waals surface area (Å²) >= 11 is 0. The summed E-state index contributed by atoms with van der Waals surface area (Å²) in [6.07, 6.45) is 6.64. The van der Waals surface area contributed by atoms with Gasteiger partial charge >= 0.3 is 5.97 Å². The van der Waals surface area contributed by atoms with Crippen LogP contribution >= 0.6 is 0 Å². The van der Waals surface area contributed by atoms with Crippen molar-refractivity contribution >= 4 is 5.97 Å². The van der Waals surface area contributed by atoms with Gasteiger partial charge in [-0.3, -0.25) is 9.69 Å². The molecule has 1 saturated carbocycles. The maximum absolute atomic E-state index is 11.2. The smallest absolute Gasteiger partial charge is 0.308 e. The molecule has 100 valence electrons. The van der Waals surface area contributed by atoms with Crippen LogP contribution in [0.2, 0.25) is 0 Å². The molecule has 17 heavy (non-hydrogen) atoms. The van der Waals surface area contributed by atoms with Crippen LogP contribution < -0.4 is 0 Å². The zero-order chi connectivity index (χ0) is 12.8. The van der Waals surface area contributed by atoms with Crippen molar-refractivity contribution in [2.24, 2.45) is 5.92 Å². The van der Waals surface area contributed by atoms with Gasteiger partial charge in [0.25, 0.3) is 0 Å². The van der Waals surface area contributed by atoms with Crippen LogP contribution in [0.25, 0.3) is 0 Å². The number of hydrogen-bond donors (Lipinski definition) is 1. The van der Waals surface area contributed by atoms with Crippen molar-refractivity contribution in [3.63, 3.8) is 0 Å². The van der Waals surface area contributed by atoms with Gasteiger partial charge in [-0.25, -0.2) is 0 Å². The number of carboxylic acid groups (broad SMARTS) is 1. The molecule has 0 aromatic carbocycles. The highest BCUT2D eigenvalue weighted by Gasteiger charge is 2.37. The highest BCUT2D eigenvalue weighted by Crippen LogP contribution is 2.31. The van der Waals surface area contributed by atoms with E-state index in [9.17, 15) is 9.90 Å². The molecule has 2 atom stereocenters. The first-order valence-electron chi connectivity index (χ1n) is 7.06. The molecule has 3 heteroatoms. The van der Waals surface area contributed by atoms with Crippen LogP contribution in [0.15, 0.2) is 0 Å². The first-order chi connectivity index (χ1) is 8.07. The maximum atomic E-state index is 11.2. The summed E-state index contributed by atoms with van der Waals surface area (Å²) in [7, 11) is 0. The van der Waals surface area contributed by atoms with Crippen molar-refractivity contribution < 1.29 is 9.90 Å². The molecule has 0 heterocycles. The monoisotopic (exact) mass is 241 g/mol. The van der Waals surface area contributed by atoms with E-state index in [1.807, 2.05) is 0 Å². The number of carbonyl (C=O) groups is 1. The molecule has 1 aliphatic carbocycles. The molecule has 0 aliphatic heterocycles. The molecule has 0 spiro atoms. The van der Waals surface area contributed by atoms with Crippen LogP contribution in [0.5, 0.6) is 0 Å². The van der Waals surface area contributed by atoms with Crippen LogP contribution in [0.3, 0.4) is 0 Å². The first kappa shape index (κ1) is 14.5. The predicted molar refractivity (Wildman–Crippen MR) is 70.1 cm³/mol. The molecule has 0 aromatic heterocycles. The van der Waals surface area contributed by atoms with Gasteiger partial charge in [0.15, 0.2) is 0 Å². The fraction of sp³-hybridized carbons (Fsp3) is 0.929. The molecule has 0 amide bonds. The van der Waals surface area contributed by atoms with Gasteiger partial charge in [0.1, 0.15) is 0 Å². The summed E-state index contributed by atoms with van der Waals surface area (Å²) in [4.78, 5) is 13.7. The molecule has 1 fully saturated rings. The number of aliphatic carboxylic acids is 1. The standard InChI is InChI=1S/C14H27NO2/c1-4-5-6-10-15(11(2)3)13-9-7-8-12(13)14(16)17/h11-13H,4-10H2,1-3H3,(H,16,17). The Kier molecular flexibility index (Phi) is 5.96. The Morgan fingerprint density at radius 3 is 2.59 bits per heavy atom. The molecule has 1 rings (SSSR count). The fourth-order valence-electron chi connectivity index (χ4n) is 2.98. The third-order valence-corrected chi connectivity index (χ3v) is 3.91. The Balaban J connectivity index is 2.59. The SMILES string of the molecule is CCCCCN(C(C)C)C1CCCC1C(=O)O. The van der Waals surface area contributed by atoms with E-state index in [1.54, 1.807) is 0 Å². The van der Waals surface area contributed by atoms with E-state index in [0.29, 0.717) is 6.04 Å². The van der Waals surface area contributed by atoms with Crippen LogP contribution in [0.1, 0.15) is 59.3 Å². The Morgan fingerprint density at radius 2 is 2.06 bits per heavy atom. The van der Waals surface area contributed by atoms with E-state index in [4.69, 9.17) is 0 Å². The zero-order valence-electron chi connectivity index (χ0n) is 11.5. The van der Waals surface area contributed by atoms with Gasteiger partial charge in [0, 0.05) is 12.1 Å². The van der Waals surface area contributed by atoms with Crippen LogP contribution in [0, 0.1) is 5.92 Å². The summed E-state index contributed by atoms with van der Waals surface area (Å²) in [5, 5.41) is 9.26. The van der Waals surface area contributed by atoms with E-state index in [1.165, 1.54) is 19.3 Å². The number of hydrogen-bond acceptors (Lipinski definition) is 2. The summed E-state index contributed by atoms with van der Waals surface area (Å²) in [5.41, 5.74) is 0. The molecule has 0 radical (unpaired) electrons. The molecule has 0 aromatic rings. The van der Waals surface area contributed by atoms with E-state index in [0.717, 1.165) is 25.8 Å². The number of nitrogens with zero attached hydrogens (tertiary/aromatic N) is 1. The molecule has 0 bridgehead atoms. The molecule has 3 nitrogen and oxygen atoms in total. The summed E-state index contributed by atoms with van der Waals surface area (Å²) in [5.74, 6) is -0.743. The van der Waals surface area contributed by atoms with E-state index < -0.39 is 5.97 Å². The Morgan fingerprint density at radius 1 is 1.35 bits per heavy atom. The fourth-order valence-corrected chi connectivity index (χ4v) is 2.98. The molecule has 0 saturated heterocycles. The van der Waals surface area contributed by atoms with Crippen LogP contribution in [-0.4, -0.2) is 34.6 Å². The van der Waals surface area contributed by atoms with Crippen LogP contribution in [-0.2, 0) is 4.79 Å². The zero-order valence-corrected chi connectivity index (χ0v) is 11.5. The van der Waals surface area contributed by atoms with Gasteiger partial charge in [-0.05, 0) is 39.7 Å². The third kappa shape index (κ3) is 3.98. The second kappa shape index (κ2) is 7.00. The largest absolute Gasteiger partial charge is 0.481 e. The van der Waals surface area contributed by atoms with Crippen molar-refractivity contribution in [3.8, 4) is 0 Å². The van der Waals surface area contributed by atoms with Crippen LogP contribution in [0.4, 0.5) is 0 Å². The Labute approximate surface area is 105 Å². The Hall–Kier alpha value is -0.570. The highest BCUT2D eigenvalue weighted by molar-refractivity contribution is 5.71. The normalized spacial score (nSPS) is 24.8. The van der Waals surface area contributed by atoms with E-state index in [-0.39, 0.29) is 12.0 Å². The summed E-state index contributed by atoms with van der Waals surface area (Å²) in [6, 6.07) is 0.723. The Bertz CT molecular complexity index is 240. The van der Waals surface area contributed by atoms with Gasteiger partial charge in [0.05, 0.1) is 5.92 Å². The van der Waals surface area contributed by atoms with Crippen molar-refractivity contribution in [3.05, 3.63) is 0 Å². The van der Waals surface area contributed by atoms with E-state index >= 15 is 0 Å². The lowest BCUT2D eigenvalue weighted by Crippen LogP contribution is -2.45. The van der Waals surface area contributed by atoms with E-state index in [2.05, 4.69) is 25.7 Å². The molecular formula is C14H27NO2. The lowest BCUT2D eigenvalue weighted by atomic mass is 10.0. The quantitative estimate of drug-likeness (QED) is 0.696. The highest BCUT2D eigenvalue weighted by atomic mass is 16.4. The summed E-state index contributed by atoms with van der Waals surface area (Å²) in [6.45, 7) is 7.63. The second-order valence-corrected chi connectivity index (χ2v) is 5.48. The minimum Gasteiger partial charge on any atom is -0.481 e. The van der Waals surface area contributed by atoms with Gasteiger partial charge in [0.2, 0.25) is 0 Å². The second-order valence-electron chi connectivity index (χ2n) is 5.48. The molecule has 1 N–H and O–H groups in total. The van der Waals surface area contributed by atoms with Gasteiger partial charge in [-0.2, -0.15) is 0 Å². The van der Waals surface area contributed by atoms with Crippen molar-refractivity contribution in [2.75, 3.05) is 6.54 Å². The van der Waals surface area contributed by atoms with Gasteiger partial charge < -0.3 is 5.11 Å². The molecule has 1 aliphatic rings. The number of rotatable bonds is 7. The van der Waals surface area contributed by atoms with Crippen molar-refractivity contribution in [2.45, 2.75) is 71.4 Å². The predicted octanol–water partition coefficient (Wildman–Crippen LogP) is 3.14. The number of carboxylic acids is 1. The molecular weight excluding hydrogens is 214 g/mol. The molecule has 2 unspecified atom stereocenters. The maximum Gasteiger partial charge on any atom is 0.308 e. The topological polar surface area (TPSA) is 40.5 Å². The lowest BCUT2D eigenvalue weighted by molar-refractivity contribution is -0.143. The minimum absolute atomic E-state index is 0.140. The summed E-state index contributed by atoms with van der Waals surface area (Å²) < 4.78 is 0. The van der Waals surface area contributed by atoms with Gasteiger partial charge in [-0.1, -0.05) is 26.2 Å². The van der Waals surface area contributed by atoms with Crippen molar-refractivity contribution in [1.29, 1.82) is 0 Å². The first-order valence-corrected chi connectivity index (χ1v) is 7.06. The minimum atomic E-state index is -0.603. The van der Waals surface area contributed by atoms with Crippen molar-refractivity contribution in [1.82, 2.24) is 4.90 Å². The van der Waals surface area contributed by atoms with Gasteiger partial charge in [-0.15, -0.1) is 0 Å². The average molecular weight is 241 g/mol. The number of unbranched alkanes of at least 4 members (excludes halogenated alkanes) is 2. The lowest BCUT2D eigenvalue weighted by Gasteiger charge is -2.35. The average Bonchev–Trinajstić information content (AvgIpc) is 2.72.